The van der Waals surface area contributed by atoms with Crippen LogP contribution in [0.3, 0.4) is 0 Å². The third-order valence-corrected chi connectivity index (χ3v) is 7.19. The Kier molecular flexibility index (Phi) is 6.07. The van der Waals surface area contributed by atoms with Crippen molar-refractivity contribution < 1.29 is 24.3 Å². The van der Waals surface area contributed by atoms with Crippen molar-refractivity contribution in [2.45, 2.75) is 24.4 Å². The molecule has 0 bridgehead atoms. The molecule has 10 nitrogen and oxygen atoms in total. The molecular formula is C20H21N5O5S2. The highest BCUT2D eigenvalue weighted by Gasteiger charge is 2.54. The molecule has 3 aliphatic heterocycles. The molecule has 4 amide bonds. The van der Waals surface area contributed by atoms with E-state index in [-0.39, 0.29) is 16.8 Å². The zero-order valence-corrected chi connectivity index (χ0v) is 18.7. The van der Waals surface area contributed by atoms with E-state index in [2.05, 4.69) is 16.0 Å². The van der Waals surface area contributed by atoms with Gasteiger partial charge in [-0.05, 0) is 30.3 Å². The normalized spacial score (nSPS) is 23.2. The number of thioether (sulfide) groups is 1. The van der Waals surface area contributed by atoms with Gasteiger partial charge in [0.2, 0.25) is 5.91 Å². The Balaban J connectivity index is 1.51. The summed E-state index contributed by atoms with van der Waals surface area (Å²) < 4.78 is 0. The highest BCUT2D eigenvalue weighted by molar-refractivity contribution is 8.00. The lowest BCUT2D eigenvalue weighted by atomic mass is 10.0. The first-order chi connectivity index (χ1) is 15.3. The molecule has 0 spiro atoms. The Hall–Kier alpha value is -3.12. The minimum atomic E-state index is -1.16. The van der Waals surface area contributed by atoms with Crippen molar-refractivity contribution in [3.8, 4) is 0 Å². The Morgan fingerprint density at radius 3 is 2.62 bits per heavy atom. The summed E-state index contributed by atoms with van der Waals surface area (Å²) in [4.78, 5) is 52.0. The van der Waals surface area contributed by atoms with E-state index in [4.69, 9.17) is 12.2 Å². The summed E-state index contributed by atoms with van der Waals surface area (Å²) in [6.45, 7) is 2.51. The second-order valence-corrected chi connectivity index (χ2v) is 9.00. The molecule has 3 aliphatic rings. The van der Waals surface area contributed by atoms with Crippen LogP contribution in [-0.2, 0) is 14.4 Å². The van der Waals surface area contributed by atoms with E-state index in [1.807, 2.05) is 0 Å². The minimum Gasteiger partial charge on any atom is -0.477 e. The minimum absolute atomic E-state index is 0.0248. The Morgan fingerprint density at radius 2 is 2.00 bits per heavy atom. The molecule has 0 aromatic heterocycles. The van der Waals surface area contributed by atoms with E-state index in [1.54, 1.807) is 37.3 Å². The number of hydrogen-bond donors (Lipinski definition) is 4. The average molecular weight is 476 g/mol. The molecular weight excluding hydrogens is 454 g/mol. The van der Waals surface area contributed by atoms with Crippen LogP contribution in [0.1, 0.15) is 18.5 Å². The summed E-state index contributed by atoms with van der Waals surface area (Å²) in [5.74, 6) is -1.68. The number of carboxylic acids is 1. The maximum absolute atomic E-state index is 13.2. The van der Waals surface area contributed by atoms with Crippen molar-refractivity contribution in [2.24, 2.45) is 0 Å². The maximum Gasteiger partial charge on any atom is 0.352 e. The smallest absolute Gasteiger partial charge is 0.352 e. The van der Waals surface area contributed by atoms with Crippen molar-refractivity contribution in [3.63, 3.8) is 0 Å². The van der Waals surface area contributed by atoms with Crippen LogP contribution in [0.5, 0.6) is 0 Å². The van der Waals surface area contributed by atoms with Gasteiger partial charge in [-0.3, -0.25) is 19.4 Å². The number of fused-ring (bicyclic) bond motifs is 1. The van der Waals surface area contributed by atoms with Gasteiger partial charge in [-0.15, -0.1) is 11.8 Å². The number of β-lactam (4-membered cyclic amide) rings is 1. The fraction of sp³-hybridized carbons (Fsp3) is 0.350. The lowest BCUT2D eigenvalue weighted by Crippen LogP contribution is -2.71. The molecule has 12 heteroatoms. The van der Waals surface area contributed by atoms with E-state index in [1.165, 1.54) is 21.6 Å². The number of urea groups is 1. The molecule has 2 unspecified atom stereocenters. The molecule has 0 saturated carbocycles. The standard InChI is InChI=1S/C20H21N5O5S2/c1-10-9-32-17-13(16(27)25(17)14(10)18(28)29)22-15(26)12(11-5-3-2-4-6-11)23-20(31)24-8-7-21-19(24)30/h2-6,12-13,17H,7-9H2,1H3,(H,21,30)(H,22,26)(H,23,31)(H,28,29)/t12?,13?,17-/m1/s1. The monoisotopic (exact) mass is 475 g/mol. The van der Waals surface area contributed by atoms with Gasteiger partial charge in [0.25, 0.3) is 5.91 Å². The maximum atomic E-state index is 13.2. The number of amides is 4. The van der Waals surface area contributed by atoms with Gasteiger partial charge in [0, 0.05) is 18.8 Å². The third-order valence-electron chi connectivity index (χ3n) is 5.42. The van der Waals surface area contributed by atoms with Crippen LogP contribution in [0.2, 0.25) is 0 Å². The SMILES string of the molecule is CC1=C(C(=O)O)N2C(=O)C(NC(=O)C(NC(=S)N3CCNC3=O)c3ccccc3)[C@H]2SC1. The van der Waals surface area contributed by atoms with Crippen molar-refractivity contribution in [2.75, 3.05) is 18.8 Å². The topological polar surface area (TPSA) is 131 Å². The van der Waals surface area contributed by atoms with Gasteiger partial charge in [0.1, 0.15) is 23.2 Å². The summed E-state index contributed by atoms with van der Waals surface area (Å²) in [5.41, 5.74) is 1.19. The van der Waals surface area contributed by atoms with Crippen LogP contribution in [0.4, 0.5) is 4.79 Å². The largest absolute Gasteiger partial charge is 0.477 e. The van der Waals surface area contributed by atoms with Gasteiger partial charge in [-0.2, -0.15) is 0 Å². The van der Waals surface area contributed by atoms with E-state index >= 15 is 0 Å². The number of thiocarbonyl (C=S) groups is 1. The molecule has 32 heavy (non-hydrogen) atoms. The fourth-order valence-electron chi connectivity index (χ4n) is 3.82. The summed E-state index contributed by atoms with van der Waals surface area (Å²) in [6.07, 6.45) is 0. The van der Waals surface area contributed by atoms with E-state index < -0.39 is 35.2 Å². The van der Waals surface area contributed by atoms with Gasteiger partial charge >= 0.3 is 12.0 Å². The number of benzene rings is 1. The number of aliphatic carboxylic acids is 1. The highest BCUT2D eigenvalue weighted by atomic mass is 32.2. The second-order valence-electron chi connectivity index (χ2n) is 7.51. The Labute approximate surface area is 193 Å². The van der Waals surface area contributed by atoms with Gasteiger partial charge in [-0.1, -0.05) is 30.3 Å². The van der Waals surface area contributed by atoms with Crippen LogP contribution in [0, 0.1) is 0 Å². The Bertz CT molecular complexity index is 1030. The molecule has 4 rings (SSSR count). The quantitative estimate of drug-likeness (QED) is 0.355. The van der Waals surface area contributed by atoms with Gasteiger partial charge in [-0.25, -0.2) is 9.59 Å². The van der Waals surface area contributed by atoms with Crippen LogP contribution in [0.15, 0.2) is 41.6 Å². The van der Waals surface area contributed by atoms with E-state index in [0.717, 1.165) is 0 Å². The lowest BCUT2D eigenvalue weighted by Gasteiger charge is -2.49. The predicted molar refractivity (Wildman–Crippen MR) is 120 cm³/mol. The van der Waals surface area contributed by atoms with Crippen LogP contribution in [0.25, 0.3) is 0 Å². The molecule has 2 fully saturated rings. The van der Waals surface area contributed by atoms with E-state index in [9.17, 15) is 24.3 Å². The third kappa shape index (κ3) is 3.91. The zero-order valence-electron chi connectivity index (χ0n) is 17.0. The number of nitrogens with zero attached hydrogens (tertiary/aromatic N) is 2. The molecule has 1 aromatic carbocycles. The van der Waals surface area contributed by atoms with E-state index in [0.29, 0.717) is 30.0 Å². The first-order valence-corrected chi connectivity index (χ1v) is 11.3. The predicted octanol–water partition coefficient (Wildman–Crippen LogP) is 0.386. The lowest BCUT2D eigenvalue weighted by molar-refractivity contribution is -0.150. The number of carboxylic acid groups (broad SMARTS) is 1. The molecule has 3 atom stereocenters. The van der Waals surface area contributed by atoms with Gasteiger partial charge in [0.15, 0.2) is 5.11 Å². The number of rotatable bonds is 5. The molecule has 168 valence electrons. The van der Waals surface area contributed by atoms with Crippen LogP contribution >= 0.6 is 24.0 Å². The zero-order chi connectivity index (χ0) is 23.0. The average Bonchev–Trinajstić information content (AvgIpc) is 3.21. The highest BCUT2D eigenvalue weighted by Crippen LogP contribution is 2.40. The van der Waals surface area contributed by atoms with Gasteiger partial charge in [0.05, 0.1) is 0 Å². The fourth-order valence-corrected chi connectivity index (χ4v) is 5.41. The van der Waals surface area contributed by atoms with Crippen molar-refractivity contribution >= 4 is 52.9 Å². The summed E-state index contributed by atoms with van der Waals surface area (Å²) in [7, 11) is 0. The number of carbonyl (C=O) groups excluding carboxylic acids is 3. The molecule has 0 radical (unpaired) electrons. The molecule has 2 saturated heterocycles. The van der Waals surface area contributed by atoms with Crippen LogP contribution < -0.4 is 16.0 Å². The first-order valence-electron chi connectivity index (χ1n) is 9.88. The first kappa shape index (κ1) is 22.1. The van der Waals surface area contributed by atoms with Crippen molar-refractivity contribution in [1.82, 2.24) is 25.8 Å². The van der Waals surface area contributed by atoms with Crippen molar-refractivity contribution in [1.29, 1.82) is 0 Å². The van der Waals surface area contributed by atoms with Gasteiger partial charge < -0.3 is 21.1 Å². The summed E-state index contributed by atoms with van der Waals surface area (Å²) in [6, 6.07) is 6.67. The molecule has 3 heterocycles. The van der Waals surface area contributed by atoms with Crippen molar-refractivity contribution in [3.05, 3.63) is 47.2 Å². The second kappa shape index (κ2) is 8.79. The number of nitrogens with one attached hydrogen (secondary N) is 3. The van der Waals surface area contributed by atoms with Crippen LogP contribution in [-0.4, -0.2) is 74.1 Å². The number of carbonyl (C=O) groups is 4. The molecule has 4 N–H and O–H groups in total. The summed E-state index contributed by atoms with van der Waals surface area (Å²) >= 11 is 6.74. The molecule has 0 aliphatic carbocycles. The summed E-state index contributed by atoms with van der Waals surface area (Å²) in [5, 5.41) is 17.4. The number of hydrogen-bond acceptors (Lipinski definition) is 6. The Morgan fingerprint density at radius 1 is 1.28 bits per heavy atom. The molecule has 1 aromatic rings.